The highest BCUT2D eigenvalue weighted by molar-refractivity contribution is 5.94. The van der Waals surface area contributed by atoms with Crippen LogP contribution in [0.2, 0.25) is 0 Å². The Morgan fingerprint density at radius 3 is 2.06 bits per heavy atom. The molecule has 0 spiro atoms. The van der Waals surface area contributed by atoms with Gasteiger partial charge in [-0.05, 0) is 36.4 Å². The van der Waals surface area contributed by atoms with Gasteiger partial charge in [-0.15, -0.1) is 0 Å². The van der Waals surface area contributed by atoms with Crippen LogP contribution in [0, 0.1) is 5.82 Å². The number of alkyl halides is 3. The number of hydrogen-bond acceptors (Lipinski definition) is 6. The molecule has 2 heterocycles. The number of rotatable bonds is 7. The zero-order valence-electron chi connectivity index (χ0n) is 18.9. The smallest absolute Gasteiger partial charge is 0.433 e. The molecule has 3 rings (SSSR count). The average molecular weight is 512 g/mol. The third kappa shape index (κ3) is 9.70. The van der Waals surface area contributed by atoms with Gasteiger partial charge in [-0.1, -0.05) is 6.07 Å². The first kappa shape index (κ1) is 28.2. The van der Waals surface area contributed by atoms with Gasteiger partial charge >= 0.3 is 18.1 Å². The highest BCUT2D eigenvalue weighted by Gasteiger charge is 2.33. The van der Waals surface area contributed by atoms with E-state index >= 15 is 0 Å². The molecule has 1 saturated heterocycles. The summed E-state index contributed by atoms with van der Waals surface area (Å²) in [6, 6.07) is 9.21. The van der Waals surface area contributed by atoms with Gasteiger partial charge in [0.15, 0.2) is 0 Å². The van der Waals surface area contributed by atoms with E-state index in [1.165, 1.54) is 30.3 Å². The van der Waals surface area contributed by atoms with Crippen molar-refractivity contribution in [3.05, 3.63) is 71.7 Å². The van der Waals surface area contributed by atoms with Crippen LogP contribution in [0.5, 0.6) is 0 Å². The standard InChI is InChI=1S/C19H20F4N4O.C4H4O4/c20-15-6-4-14(5-7-15)18(28)24-8-9-26-10-12-27(13-11-26)17-3-1-2-16(25-17)19(21,22)23;5-3(6)1-2-4(7)8/h1-7H,8-13H2,(H,24,28);1-2H,(H,5,6)(H,7,8)/b;2-1+. The van der Waals surface area contributed by atoms with Crippen LogP contribution < -0.4 is 10.2 Å². The Morgan fingerprint density at radius 1 is 0.944 bits per heavy atom. The molecular formula is C23H24F4N4O5. The molecule has 0 radical (unpaired) electrons. The predicted octanol–water partition coefficient (Wildman–Crippen LogP) is 2.50. The molecule has 13 heteroatoms. The molecule has 1 aromatic heterocycles. The number of aromatic nitrogens is 1. The van der Waals surface area contributed by atoms with Crippen molar-refractivity contribution in [3.63, 3.8) is 0 Å². The van der Waals surface area contributed by atoms with Crippen molar-refractivity contribution in [2.75, 3.05) is 44.2 Å². The number of nitrogens with zero attached hydrogens (tertiary/aromatic N) is 3. The Kier molecular flexibility index (Phi) is 10.3. The Bertz CT molecular complexity index is 1050. The molecule has 0 bridgehead atoms. The normalized spacial score (nSPS) is 14.2. The van der Waals surface area contributed by atoms with E-state index in [-0.39, 0.29) is 5.91 Å². The maximum absolute atomic E-state index is 12.9. The number of carboxylic acid groups (broad SMARTS) is 2. The number of amides is 1. The van der Waals surface area contributed by atoms with Crippen molar-refractivity contribution < 1.29 is 42.2 Å². The number of carbonyl (C=O) groups excluding carboxylic acids is 1. The lowest BCUT2D eigenvalue weighted by Crippen LogP contribution is -2.48. The summed E-state index contributed by atoms with van der Waals surface area (Å²) in [7, 11) is 0. The fourth-order valence-corrected chi connectivity index (χ4v) is 3.13. The van der Waals surface area contributed by atoms with Crippen LogP contribution in [0.15, 0.2) is 54.6 Å². The van der Waals surface area contributed by atoms with E-state index in [0.717, 1.165) is 6.07 Å². The summed E-state index contributed by atoms with van der Waals surface area (Å²) in [6.45, 7) is 3.48. The number of halogens is 4. The summed E-state index contributed by atoms with van der Waals surface area (Å²) in [6.07, 6.45) is -3.34. The lowest BCUT2D eigenvalue weighted by molar-refractivity contribution is -0.141. The van der Waals surface area contributed by atoms with Crippen LogP contribution >= 0.6 is 0 Å². The molecule has 1 aliphatic rings. The summed E-state index contributed by atoms with van der Waals surface area (Å²) in [5.74, 6) is -2.87. The minimum Gasteiger partial charge on any atom is -0.478 e. The maximum atomic E-state index is 12.9. The third-order valence-corrected chi connectivity index (χ3v) is 4.91. The first-order valence-corrected chi connectivity index (χ1v) is 10.6. The Labute approximate surface area is 203 Å². The molecule has 36 heavy (non-hydrogen) atoms. The molecule has 1 aliphatic heterocycles. The number of carboxylic acids is 2. The quantitative estimate of drug-likeness (QED) is 0.382. The van der Waals surface area contributed by atoms with Crippen molar-refractivity contribution in [1.82, 2.24) is 15.2 Å². The molecule has 3 N–H and O–H groups in total. The molecule has 194 valence electrons. The second kappa shape index (κ2) is 13.2. The minimum absolute atomic E-state index is 0.271. The van der Waals surface area contributed by atoms with E-state index in [2.05, 4.69) is 15.2 Å². The zero-order valence-corrected chi connectivity index (χ0v) is 18.9. The van der Waals surface area contributed by atoms with E-state index in [4.69, 9.17) is 10.2 Å². The first-order chi connectivity index (χ1) is 17.0. The van der Waals surface area contributed by atoms with E-state index in [9.17, 15) is 31.9 Å². The van der Waals surface area contributed by atoms with E-state index in [0.29, 0.717) is 62.8 Å². The van der Waals surface area contributed by atoms with Gasteiger partial charge < -0.3 is 20.4 Å². The summed E-state index contributed by atoms with van der Waals surface area (Å²) >= 11 is 0. The van der Waals surface area contributed by atoms with E-state index < -0.39 is 29.6 Å². The van der Waals surface area contributed by atoms with Gasteiger partial charge in [0.25, 0.3) is 5.91 Å². The molecule has 1 fully saturated rings. The molecule has 2 aromatic rings. The number of pyridine rings is 1. The number of anilines is 1. The van der Waals surface area contributed by atoms with Crippen LogP contribution in [0.25, 0.3) is 0 Å². The van der Waals surface area contributed by atoms with Crippen molar-refractivity contribution in [3.8, 4) is 0 Å². The fourth-order valence-electron chi connectivity index (χ4n) is 3.13. The average Bonchev–Trinajstić information content (AvgIpc) is 2.83. The van der Waals surface area contributed by atoms with E-state index in [1.54, 1.807) is 6.07 Å². The maximum Gasteiger partial charge on any atom is 0.433 e. The molecular weight excluding hydrogens is 488 g/mol. The first-order valence-electron chi connectivity index (χ1n) is 10.6. The Balaban J connectivity index is 0.000000493. The van der Waals surface area contributed by atoms with Gasteiger partial charge in [-0.25, -0.2) is 19.0 Å². The summed E-state index contributed by atoms with van der Waals surface area (Å²) in [5, 5.41) is 18.4. The van der Waals surface area contributed by atoms with Gasteiger partial charge in [0.2, 0.25) is 0 Å². The van der Waals surface area contributed by atoms with Crippen LogP contribution in [-0.2, 0) is 15.8 Å². The summed E-state index contributed by atoms with van der Waals surface area (Å²) in [5.41, 5.74) is -0.502. The second-order valence-electron chi connectivity index (χ2n) is 7.48. The zero-order chi connectivity index (χ0) is 26.7. The van der Waals surface area contributed by atoms with Crippen molar-refractivity contribution in [2.24, 2.45) is 0 Å². The van der Waals surface area contributed by atoms with Gasteiger partial charge in [-0.3, -0.25) is 9.69 Å². The largest absolute Gasteiger partial charge is 0.478 e. The topological polar surface area (TPSA) is 123 Å². The van der Waals surface area contributed by atoms with Crippen molar-refractivity contribution in [1.29, 1.82) is 0 Å². The van der Waals surface area contributed by atoms with Gasteiger partial charge in [0.05, 0.1) is 0 Å². The van der Waals surface area contributed by atoms with Gasteiger partial charge in [0, 0.05) is 57.0 Å². The lowest BCUT2D eigenvalue weighted by atomic mass is 10.2. The number of benzene rings is 1. The molecule has 0 unspecified atom stereocenters. The Hall–Kier alpha value is -4.00. The summed E-state index contributed by atoms with van der Waals surface area (Å²) < 4.78 is 51.3. The molecule has 1 amide bonds. The number of carbonyl (C=O) groups is 3. The molecule has 0 atom stereocenters. The van der Waals surface area contributed by atoms with Crippen molar-refractivity contribution >= 4 is 23.7 Å². The summed E-state index contributed by atoms with van der Waals surface area (Å²) in [4.78, 5) is 38.8. The fraction of sp³-hybridized carbons (Fsp3) is 0.304. The monoisotopic (exact) mass is 512 g/mol. The van der Waals surface area contributed by atoms with Gasteiger partial charge in [-0.2, -0.15) is 13.2 Å². The molecule has 0 aliphatic carbocycles. The van der Waals surface area contributed by atoms with Crippen LogP contribution in [0.4, 0.5) is 23.4 Å². The van der Waals surface area contributed by atoms with Crippen LogP contribution in [-0.4, -0.2) is 77.2 Å². The van der Waals surface area contributed by atoms with Crippen LogP contribution in [0.3, 0.4) is 0 Å². The minimum atomic E-state index is -4.46. The number of hydrogen-bond donors (Lipinski definition) is 3. The third-order valence-electron chi connectivity index (χ3n) is 4.91. The lowest BCUT2D eigenvalue weighted by Gasteiger charge is -2.35. The molecule has 0 saturated carbocycles. The SMILES string of the molecule is O=C(NCCN1CCN(c2cccc(C(F)(F)F)n2)CC1)c1ccc(F)cc1.O=C(O)/C=C/C(=O)O. The molecule has 1 aromatic carbocycles. The molecule has 9 nitrogen and oxygen atoms in total. The number of piperazine rings is 1. The van der Waals surface area contributed by atoms with Crippen LogP contribution in [0.1, 0.15) is 16.1 Å². The predicted molar refractivity (Wildman–Crippen MR) is 121 cm³/mol. The second-order valence-corrected chi connectivity index (χ2v) is 7.48. The van der Waals surface area contributed by atoms with Crippen molar-refractivity contribution in [2.45, 2.75) is 6.18 Å². The number of nitrogens with one attached hydrogen (secondary N) is 1. The highest BCUT2D eigenvalue weighted by Crippen LogP contribution is 2.29. The Morgan fingerprint density at radius 2 is 1.53 bits per heavy atom. The van der Waals surface area contributed by atoms with Gasteiger partial charge in [0.1, 0.15) is 17.3 Å². The number of aliphatic carboxylic acids is 2. The van der Waals surface area contributed by atoms with E-state index in [1.807, 2.05) is 4.90 Å². The highest BCUT2D eigenvalue weighted by atomic mass is 19.4.